The van der Waals surface area contributed by atoms with Gasteiger partial charge in [0.15, 0.2) is 0 Å². The highest BCUT2D eigenvalue weighted by Crippen LogP contribution is 2.31. The zero-order valence-electron chi connectivity index (χ0n) is 12.0. The van der Waals surface area contributed by atoms with Crippen molar-refractivity contribution in [2.45, 2.75) is 39.2 Å². The van der Waals surface area contributed by atoms with E-state index in [-0.39, 0.29) is 12.1 Å². The zero-order valence-corrected chi connectivity index (χ0v) is 12.0. The maximum atomic E-state index is 12.9. The highest BCUT2D eigenvalue weighted by Gasteiger charge is 2.32. The Hall–Kier alpha value is -1.75. The van der Waals surface area contributed by atoms with Gasteiger partial charge in [-0.05, 0) is 29.7 Å². The summed E-state index contributed by atoms with van der Waals surface area (Å²) in [6.45, 7) is 3.82. The number of hydrogen-bond acceptors (Lipinski definition) is 1. The van der Waals surface area contributed by atoms with Crippen molar-refractivity contribution >= 4 is 0 Å². The van der Waals surface area contributed by atoms with Crippen molar-refractivity contribution in [2.24, 2.45) is 0 Å². The first-order valence-corrected chi connectivity index (χ1v) is 7.01. The molecule has 0 saturated heterocycles. The first-order chi connectivity index (χ1) is 10.0. The Morgan fingerprint density at radius 3 is 2.57 bits per heavy atom. The predicted molar refractivity (Wildman–Crippen MR) is 76.7 cm³/mol. The number of aryl methyl sites for hydroxylation is 1. The van der Waals surface area contributed by atoms with Gasteiger partial charge >= 0.3 is 6.18 Å². The monoisotopic (exact) mass is 296 g/mol. The summed E-state index contributed by atoms with van der Waals surface area (Å²) in [5, 5.41) is 3.07. The first-order valence-electron chi connectivity index (χ1n) is 7.01. The number of alkyl halides is 3. The van der Waals surface area contributed by atoms with Crippen molar-refractivity contribution in [1.82, 2.24) is 9.88 Å². The molecule has 1 heterocycles. The first kappa shape index (κ1) is 15.6. The summed E-state index contributed by atoms with van der Waals surface area (Å²) in [6, 6.07) is 7.66. The molecular formula is C16H19F3N2. The van der Waals surface area contributed by atoms with Crippen LogP contribution in [0.3, 0.4) is 0 Å². The van der Waals surface area contributed by atoms with E-state index in [0.717, 1.165) is 24.6 Å². The fourth-order valence-electron chi connectivity index (χ4n) is 2.28. The summed E-state index contributed by atoms with van der Waals surface area (Å²) < 4.78 is 40.7. The normalized spacial score (nSPS) is 11.8. The molecule has 1 N–H and O–H groups in total. The Morgan fingerprint density at radius 2 is 1.86 bits per heavy atom. The highest BCUT2D eigenvalue weighted by molar-refractivity contribution is 5.29. The lowest BCUT2D eigenvalue weighted by Crippen LogP contribution is -2.17. The lowest BCUT2D eigenvalue weighted by Gasteiger charge is -2.13. The van der Waals surface area contributed by atoms with Gasteiger partial charge in [-0.25, -0.2) is 0 Å². The van der Waals surface area contributed by atoms with Crippen LogP contribution in [0.25, 0.3) is 0 Å². The number of rotatable bonds is 6. The predicted octanol–water partition coefficient (Wildman–Crippen LogP) is 4.21. The molecule has 0 aliphatic carbocycles. The largest absolute Gasteiger partial charge is 0.416 e. The molecule has 0 atom stereocenters. The molecule has 21 heavy (non-hydrogen) atoms. The third-order valence-electron chi connectivity index (χ3n) is 3.26. The van der Waals surface area contributed by atoms with E-state index in [0.29, 0.717) is 6.54 Å². The van der Waals surface area contributed by atoms with Crippen LogP contribution in [-0.2, 0) is 25.8 Å². The molecule has 0 spiro atoms. The van der Waals surface area contributed by atoms with Crippen molar-refractivity contribution < 1.29 is 13.2 Å². The number of halogens is 3. The molecule has 1 aromatic heterocycles. The summed E-state index contributed by atoms with van der Waals surface area (Å²) in [6.07, 6.45) is 0.763. The van der Waals surface area contributed by atoms with E-state index < -0.39 is 11.7 Å². The van der Waals surface area contributed by atoms with E-state index in [1.165, 1.54) is 12.1 Å². The smallest absolute Gasteiger partial charge is 0.354 e. The molecule has 2 nitrogen and oxygen atoms in total. The fourth-order valence-corrected chi connectivity index (χ4v) is 2.28. The topological polar surface area (TPSA) is 17.0 Å². The van der Waals surface area contributed by atoms with Crippen LogP contribution in [0.1, 0.15) is 30.0 Å². The molecule has 0 bridgehead atoms. The van der Waals surface area contributed by atoms with Crippen LogP contribution in [0.5, 0.6) is 0 Å². The summed E-state index contributed by atoms with van der Waals surface area (Å²) in [4.78, 5) is 0. The van der Waals surface area contributed by atoms with E-state index in [1.807, 2.05) is 18.5 Å². The van der Waals surface area contributed by atoms with Gasteiger partial charge in [0, 0.05) is 32.0 Å². The third kappa shape index (κ3) is 4.36. The van der Waals surface area contributed by atoms with Gasteiger partial charge in [-0.1, -0.05) is 25.1 Å². The zero-order chi connectivity index (χ0) is 15.3. The average molecular weight is 296 g/mol. The van der Waals surface area contributed by atoms with Crippen molar-refractivity contribution in [3.05, 3.63) is 59.4 Å². The van der Waals surface area contributed by atoms with Gasteiger partial charge in [0.05, 0.1) is 5.56 Å². The number of benzene rings is 1. The second-order valence-electron chi connectivity index (χ2n) is 5.02. The van der Waals surface area contributed by atoms with Gasteiger partial charge in [0.1, 0.15) is 0 Å². The van der Waals surface area contributed by atoms with E-state index >= 15 is 0 Å². The Kier molecular flexibility index (Phi) is 5.07. The van der Waals surface area contributed by atoms with Gasteiger partial charge in [-0.2, -0.15) is 13.2 Å². The minimum atomic E-state index is -4.30. The average Bonchev–Trinajstić information content (AvgIpc) is 2.86. The molecule has 5 heteroatoms. The van der Waals surface area contributed by atoms with E-state index in [4.69, 9.17) is 0 Å². The highest BCUT2D eigenvalue weighted by atomic mass is 19.4. The van der Waals surface area contributed by atoms with Crippen LogP contribution in [0, 0.1) is 0 Å². The molecule has 0 saturated carbocycles. The Bertz CT molecular complexity index is 573. The van der Waals surface area contributed by atoms with Crippen LogP contribution < -0.4 is 5.32 Å². The summed E-state index contributed by atoms with van der Waals surface area (Å²) >= 11 is 0. The quantitative estimate of drug-likeness (QED) is 0.845. The maximum Gasteiger partial charge on any atom is 0.416 e. The van der Waals surface area contributed by atoms with E-state index in [1.54, 1.807) is 6.07 Å². The third-order valence-corrected chi connectivity index (χ3v) is 3.26. The second kappa shape index (κ2) is 6.80. The second-order valence-corrected chi connectivity index (χ2v) is 5.02. The van der Waals surface area contributed by atoms with Gasteiger partial charge in [0.2, 0.25) is 0 Å². The molecule has 114 valence electrons. The van der Waals surface area contributed by atoms with E-state index in [2.05, 4.69) is 16.8 Å². The fraction of sp³-hybridized carbons (Fsp3) is 0.375. The number of nitrogens with one attached hydrogen (secondary N) is 1. The minimum absolute atomic E-state index is 0.203. The van der Waals surface area contributed by atoms with Gasteiger partial charge < -0.3 is 9.88 Å². The van der Waals surface area contributed by atoms with Crippen LogP contribution in [0.15, 0.2) is 42.7 Å². The van der Waals surface area contributed by atoms with Crippen LogP contribution >= 0.6 is 0 Å². The Balaban J connectivity index is 1.94. The summed E-state index contributed by atoms with van der Waals surface area (Å²) in [5.74, 6) is 0. The van der Waals surface area contributed by atoms with Gasteiger partial charge in [-0.3, -0.25) is 0 Å². The van der Waals surface area contributed by atoms with Crippen LogP contribution in [0.4, 0.5) is 13.2 Å². The van der Waals surface area contributed by atoms with Gasteiger partial charge in [-0.15, -0.1) is 0 Å². The molecule has 0 aliphatic heterocycles. The standard InChI is InChI=1S/C16H19F3N2/c1-2-8-21-9-7-13(12-21)10-20-11-14-5-3-4-6-15(14)16(17,18)19/h3-7,9,12,20H,2,8,10-11H2,1H3. The van der Waals surface area contributed by atoms with Gasteiger partial charge in [0.25, 0.3) is 0 Å². The SMILES string of the molecule is CCCn1ccc(CNCc2ccccc2C(F)(F)F)c1. The summed E-state index contributed by atoms with van der Waals surface area (Å²) in [7, 11) is 0. The number of aromatic nitrogens is 1. The van der Waals surface area contributed by atoms with Crippen molar-refractivity contribution in [3.8, 4) is 0 Å². The lowest BCUT2D eigenvalue weighted by atomic mass is 10.1. The lowest BCUT2D eigenvalue weighted by molar-refractivity contribution is -0.138. The van der Waals surface area contributed by atoms with Crippen molar-refractivity contribution in [2.75, 3.05) is 0 Å². The van der Waals surface area contributed by atoms with E-state index in [9.17, 15) is 13.2 Å². The molecule has 0 aliphatic rings. The molecular weight excluding hydrogens is 277 g/mol. The summed E-state index contributed by atoms with van der Waals surface area (Å²) in [5.41, 5.74) is 0.784. The van der Waals surface area contributed by atoms with Crippen LogP contribution in [-0.4, -0.2) is 4.57 Å². The molecule has 0 unspecified atom stereocenters. The molecule has 0 amide bonds. The van der Waals surface area contributed by atoms with Crippen LogP contribution in [0.2, 0.25) is 0 Å². The molecule has 1 aromatic carbocycles. The number of hydrogen-bond donors (Lipinski definition) is 1. The Labute approximate surface area is 122 Å². The maximum absolute atomic E-state index is 12.9. The molecule has 2 aromatic rings. The Morgan fingerprint density at radius 1 is 1.10 bits per heavy atom. The minimum Gasteiger partial charge on any atom is -0.354 e. The molecule has 0 fully saturated rings. The molecule has 2 rings (SSSR count). The van der Waals surface area contributed by atoms with Crippen molar-refractivity contribution in [3.63, 3.8) is 0 Å². The molecule has 0 radical (unpaired) electrons. The van der Waals surface area contributed by atoms with Crippen molar-refractivity contribution in [1.29, 1.82) is 0 Å². The number of nitrogens with zero attached hydrogens (tertiary/aromatic N) is 1.